The second-order valence-corrected chi connectivity index (χ2v) is 12.7. The standard InChI is InChI=1S/C27H49N.C2H6/c1-18(2)7-6-8-19(3)23-11-12-24-22-10-9-20-17-21(28)13-15-26(20,4)25(22)14-16-27(23,24)5;1-2/h18-25H,6-17,28H2,1-5H3;1-2H3. The van der Waals surface area contributed by atoms with Crippen LogP contribution in [0.3, 0.4) is 0 Å². The zero-order valence-electron chi connectivity index (χ0n) is 21.7. The summed E-state index contributed by atoms with van der Waals surface area (Å²) in [6.45, 7) is 16.8. The molecule has 0 aromatic carbocycles. The third kappa shape index (κ3) is 4.40. The van der Waals surface area contributed by atoms with Gasteiger partial charge in [0.1, 0.15) is 0 Å². The lowest BCUT2D eigenvalue weighted by Gasteiger charge is -2.61. The maximum atomic E-state index is 6.39. The van der Waals surface area contributed by atoms with Gasteiger partial charge in [0.05, 0.1) is 0 Å². The van der Waals surface area contributed by atoms with E-state index in [2.05, 4.69) is 34.6 Å². The van der Waals surface area contributed by atoms with Crippen molar-refractivity contribution in [3.05, 3.63) is 0 Å². The summed E-state index contributed by atoms with van der Waals surface area (Å²) in [5.74, 6) is 6.79. The van der Waals surface area contributed by atoms with Crippen LogP contribution in [0.2, 0.25) is 0 Å². The Labute approximate surface area is 189 Å². The Morgan fingerprint density at radius 2 is 1.47 bits per heavy atom. The van der Waals surface area contributed by atoms with Gasteiger partial charge >= 0.3 is 0 Å². The van der Waals surface area contributed by atoms with Gasteiger partial charge in [-0.15, -0.1) is 0 Å². The first-order chi connectivity index (χ1) is 14.3. The van der Waals surface area contributed by atoms with E-state index in [0.717, 1.165) is 41.4 Å². The van der Waals surface area contributed by atoms with E-state index in [0.29, 0.717) is 16.9 Å². The highest BCUT2D eigenvalue weighted by atomic mass is 14.7. The Morgan fingerprint density at radius 1 is 0.800 bits per heavy atom. The summed E-state index contributed by atoms with van der Waals surface area (Å²) in [4.78, 5) is 0. The molecule has 0 bridgehead atoms. The summed E-state index contributed by atoms with van der Waals surface area (Å²) < 4.78 is 0. The Bertz CT molecular complexity index is 540. The van der Waals surface area contributed by atoms with Crippen LogP contribution < -0.4 is 5.73 Å². The molecule has 2 N–H and O–H groups in total. The predicted molar refractivity (Wildman–Crippen MR) is 132 cm³/mol. The molecule has 0 saturated heterocycles. The van der Waals surface area contributed by atoms with Crippen molar-refractivity contribution in [2.75, 3.05) is 0 Å². The third-order valence-electron chi connectivity index (χ3n) is 10.9. The topological polar surface area (TPSA) is 26.0 Å². The fourth-order valence-electron chi connectivity index (χ4n) is 9.32. The molecule has 0 spiro atoms. The average molecular weight is 418 g/mol. The van der Waals surface area contributed by atoms with Gasteiger partial charge in [0.25, 0.3) is 0 Å². The normalized spacial score (nSPS) is 46.3. The van der Waals surface area contributed by atoms with Gasteiger partial charge in [-0.05, 0) is 110 Å². The number of nitrogens with two attached hydrogens (primary N) is 1. The summed E-state index contributed by atoms with van der Waals surface area (Å²) in [5, 5.41) is 0. The van der Waals surface area contributed by atoms with E-state index in [1.165, 1.54) is 77.0 Å². The van der Waals surface area contributed by atoms with Crippen molar-refractivity contribution in [1.82, 2.24) is 0 Å². The number of rotatable bonds is 5. The monoisotopic (exact) mass is 417 g/mol. The molecule has 4 fully saturated rings. The Morgan fingerprint density at radius 3 is 2.17 bits per heavy atom. The molecule has 4 aliphatic carbocycles. The fourth-order valence-corrected chi connectivity index (χ4v) is 9.32. The van der Waals surface area contributed by atoms with Gasteiger partial charge in [0.2, 0.25) is 0 Å². The van der Waals surface area contributed by atoms with Crippen LogP contribution in [0.4, 0.5) is 0 Å². The molecule has 9 atom stereocenters. The van der Waals surface area contributed by atoms with E-state index in [-0.39, 0.29) is 0 Å². The number of hydrogen-bond donors (Lipinski definition) is 1. The molecule has 4 saturated carbocycles. The van der Waals surface area contributed by atoms with Crippen LogP contribution in [0.15, 0.2) is 0 Å². The second-order valence-electron chi connectivity index (χ2n) is 12.7. The van der Waals surface area contributed by atoms with Crippen molar-refractivity contribution in [3.63, 3.8) is 0 Å². The molecule has 4 aliphatic rings. The van der Waals surface area contributed by atoms with Gasteiger partial charge < -0.3 is 5.73 Å². The molecular formula is C29H55N. The molecule has 9 unspecified atom stereocenters. The van der Waals surface area contributed by atoms with E-state index in [1.54, 1.807) is 0 Å². The fraction of sp³-hybridized carbons (Fsp3) is 1.00. The lowest BCUT2D eigenvalue weighted by Crippen LogP contribution is -2.54. The van der Waals surface area contributed by atoms with E-state index < -0.39 is 0 Å². The van der Waals surface area contributed by atoms with Crippen molar-refractivity contribution in [2.45, 2.75) is 132 Å². The van der Waals surface area contributed by atoms with Crippen molar-refractivity contribution in [3.8, 4) is 0 Å². The van der Waals surface area contributed by atoms with Crippen molar-refractivity contribution >= 4 is 0 Å². The SMILES string of the molecule is CC.CC(C)CCCC(C)C1CCC2C3CCC4CC(N)CCC4(C)C3CCC12C. The first-order valence-corrected chi connectivity index (χ1v) is 14.0. The molecule has 0 radical (unpaired) electrons. The van der Waals surface area contributed by atoms with Crippen LogP contribution in [-0.4, -0.2) is 6.04 Å². The van der Waals surface area contributed by atoms with Gasteiger partial charge in [-0.25, -0.2) is 0 Å². The molecule has 0 aliphatic heterocycles. The first-order valence-electron chi connectivity index (χ1n) is 14.0. The number of fused-ring (bicyclic) bond motifs is 5. The summed E-state index contributed by atoms with van der Waals surface area (Å²) in [5.41, 5.74) is 7.64. The molecule has 176 valence electrons. The second kappa shape index (κ2) is 9.84. The molecule has 0 heterocycles. The summed E-state index contributed by atoms with van der Waals surface area (Å²) in [6, 6.07) is 0.492. The maximum Gasteiger partial charge on any atom is 0.00418 e. The van der Waals surface area contributed by atoms with E-state index >= 15 is 0 Å². The van der Waals surface area contributed by atoms with Crippen LogP contribution in [0.1, 0.15) is 126 Å². The largest absolute Gasteiger partial charge is 0.328 e. The van der Waals surface area contributed by atoms with E-state index in [1.807, 2.05) is 13.8 Å². The van der Waals surface area contributed by atoms with Crippen molar-refractivity contribution < 1.29 is 0 Å². The average Bonchev–Trinajstić information content (AvgIpc) is 3.07. The smallest absolute Gasteiger partial charge is 0.00418 e. The van der Waals surface area contributed by atoms with Crippen molar-refractivity contribution in [1.29, 1.82) is 0 Å². The molecule has 0 aromatic heterocycles. The Kier molecular flexibility index (Phi) is 8.07. The zero-order chi connectivity index (χ0) is 22.1. The summed E-state index contributed by atoms with van der Waals surface area (Å²) >= 11 is 0. The van der Waals surface area contributed by atoms with E-state index in [9.17, 15) is 0 Å². The van der Waals surface area contributed by atoms with Crippen LogP contribution in [0.25, 0.3) is 0 Å². The lowest BCUT2D eigenvalue weighted by atomic mass is 9.44. The highest BCUT2D eigenvalue weighted by Crippen LogP contribution is 2.68. The maximum absolute atomic E-state index is 6.39. The molecule has 0 amide bonds. The van der Waals surface area contributed by atoms with E-state index in [4.69, 9.17) is 5.73 Å². The van der Waals surface area contributed by atoms with Gasteiger partial charge in [-0.1, -0.05) is 67.7 Å². The van der Waals surface area contributed by atoms with Crippen molar-refractivity contribution in [2.24, 2.45) is 58.0 Å². The van der Waals surface area contributed by atoms with Gasteiger partial charge in [-0.2, -0.15) is 0 Å². The molecular weight excluding hydrogens is 362 g/mol. The van der Waals surface area contributed by atoms with Gasteiger partial charge in [0, 0.05) is 6.04 Å². The highest BCUT2D eigenvalue weighted by Gasteiger charge is 2.60. The quantitative estimate of drug-likeness (QED) is 0.477. The van der Waals surface area contributed by atoms with Crippen LogP contribution >= 0.6 is 0 Å². The van der Waals surface area contributed by atoms with Crippen LogP contribution in [0, 0.1) is 52.3 Å². The summed E-state index contributed by atoms with van der Waals surface area (Å²) in [6.07, 6.45) is 17.5. The molecule has 0 aromatic rings. The minimum absolute atomic E-state index is 0.492. The van der Waals surface area contributed by atoms with Crippen LogP contribution in [-0.2, 0) is 0 Å². The molecule has 1 nitrogen and oxygen atoms in total. The highest BCUT2D eigenvalue weighted by molar-refractivity contribution is 5.09. The Balaban J connectivity index is 0.00000124. The Hall–Kier alpha value is -0.0400. The third-order valence-corrected chi connectivity index (χ3v) is 10.9. The predicted octanol–water partition coefficient (Wildman–Crippen LogP) is 8.46. The first kappa shape index (κ1) is 24.6. The minimum atomic E-state index is 0.492. The molecule has 30 heavy (non-hydrogen) atoms. The van der Waals surface area contributed by atoms with Crippen LogP contribution in [0.5, 0.6) is 0 Å². The van der Waals surface area contributed by atoms with Gasteiger partial charge in [-0.3, -0.25) is 0 Å². The summed E-state index contributed by atoms with van der Waals surface area (Å²) in [7, 11) is 0. The van der Waals surface area contributed by atoms with Gasteiger partial charge in [0.15, 0.2) is 0 Å². The molecule has 1 heteroatoms. The lowest BCUT2D eigenvalue weighted by molar-refractivity contribution is -0.116. The number of hydrogen-bond acceptors (Lipinski definition) is 1. The minimum Gasteiger partial charge on any atom is -0.328 e. The zero-order valence-corrected chi connectivity index (χ0v) is 21.7. The molecule has 4 rings (SSSR count).